The summed E-state index contributed by atoms with van der Waals surface area (Å²) in [7, 11) is -3.46. The van der Waals surface area contributed by atoms with Gasteiger partial charge in [0, 0.05) is 11.0 Å². The average Bonchev–Trinajstić information content (AvgIpc) is 2.41. The molecule has 0 amide bonds. The first-order valence-corrected chi connectivity index (χ1v) is 8.80. The van der Waals surface area contributed by atoms with Gasteiger partial charge in [0.15, 0.2) is 0 Å². The number of piperidine rings is 1. The fourth-order valence-corrected chi connectivity index (χ4v) is 3.83. The second-order valence-electron chi connectivity index (χ2n) is 4.62. The van der Waals surface area contributed by atoms with E-state index in [4.69, 9.17) is 11.6 Å². The summed E-state index contributed by atoms with van der Waals surface area (Å²) >= 11 is 9.09. The van der Waals surface area contributed by atoms with Gasteiger partial charge < -0.3 is 5.32 Å². The normalized spacial score (nSPS) is 17.6. The number of nitrogens with one attached hydrogen (secondary N) is 2. The standard InChI is InChI=1S/C12H16BrClN2O2S/c13-11-7-10(1-2-12(11)14)19(17,18)16-8-9-3-5-15-6-4-9/h1-2,7,9,15-16H,3-6,8H2. The van der Waals surface area contributed by atoms with Gasteiger partial charge in [-0.25, -0.2) is 13.1 Å². The number of sulfonamides is 1. The summed E-state index contributed by atoms with van der Waals surface area (Å²) in [5.41, 5.74) is 0. The van der Waals surface area contributed by atoms with E-state index in [1.807, 2.05) is 0 Å². The van der Waals surface area contributed by atoms with Crippen molar-refractivity contribution in [1.82, 2.24) is 10.0 Å². The fraction of sp³-hybridized carbons (Fsp3) is 0.500. The van der Waals surface area contributed by atoms with E-state index in [-0.39, 0.29) is 4.90 Å². The van der Waals surface area contributed by atoms with Gasteiger partial charge in [0.1, 0.15) is 0 Å². The van der Waals surface area contributed by atoms with Crippen LogP contribution in [0.4, 0.5) is 0 Å². The van der Waals surface area contributed by atoms with E-state index < -0.39 is 10.0 Å². The summed E-state index contributed by atoms with van der Waals surface area (Å²) in [6.07, 6.45) is 2.01. The lowest BCUT2D eigenvalue weighted by Crippen LogP contribution is -2.35. The first kappa shape index (κ1) is 15.3. The molecule has 1 fully saturated rings. The minimum Gasteiger partial charge on any atom is -0.317 e. The van der Waals surface area contributed by atoms with E-state index in [1.165, 1.54) is 12.1 Å². The van der Waals surface area contributed by atoms with Crippen LogP contribution in [0.15, 0.2) is 27.6 Å². The molecule has 0 aliphatic carbocycles. The van der Waals surface area contributed by atoms with E-state index >= 15 is 0 Å². The van der Waals surface area contributed by atoms with Crippen molar-refractivity contribution in [2.24, 2.45) is 5.92 Å². The van der Waals surface area contributed by atoms with Crippen molar-refractivity contribution < 1.29 is 8.42 Å². The Bertz CT molecular complexity index is 545. The van der Waals surface area contributed by atoms with Crippen LogP contribution in [0.3, 0.4) is 0 Å². The molecule has 2 rings (SSSR count). The molecule has 1 saturated heterocycles. The van der Waals surface area contributed by atoms with Gasteiger partial charge in [-0.3, -0.25) is 0 Å². The summed E-state index contributed by atoms with van der Waals surface area (Å²) in [6.45, 7) is 2.40. The molecule has 0 aromatic heterocycles. The summed E-state index contributed by atoms with van der Waals surface area (Å²) in [4.78, 5) is 0.234. The summed E-state index contributed by atoms with van der Waals surface area (Å²) in [5.74, 6) is 0.409. The van der Waals surface area contributed by atoms with Gasteiger partial charge in [0.2, 0.25) is 10.0 Å². The van der Waals surface area contributed by atoms with Gasteiger partial charge in [-0.05, 0) is 66.0 Å². The van der Waals surface area contributed by atoms with Crippen molar-refractivity contribution in [3.05, 3.63) is 27.7 Å². The second-order valence-corrected chi connectivity index (χ2v) is 7.65. The molecule has 1 heterocycles. The number of benzene rings is 1. The van der Waals surface area contributed by atoms with Gasteiger partial charge in [-0.2, -0.15) is 0 Å². The smallest absolute Gasteiger partial charge is 0.240 e. The third-order valence-electron chi connectivity index (χ3n) is 3.22. The van der Waals surface area contributed by atoms with Crippen molar-refractivity contribution in [2.75, 3.05) is 19.6 Å². The monoisotopic (exact) mass is 366 g/mol. The molecule has 0 spiro atoms. The average molecular weight is 368 g/mol. The van der Waals surface area contributed by atoms with Gasteiger partial charge >= 0.3 is 0 Å². The lowest BCUT2D eigenvalue weighted by molar-refractivity contribution is 0.372. The lowest BCUT2D eigenvalue weighted by atomic mass is 9.99. The Labute approximate surface area is 127 Å². The van der Waals surface area contributed by atoms with Crippen LogP contribution in [0.1, 0.15) is 12.8 Å². The molecule has 0 unspecified atom stereocenters. The molecule has 0 bridgehead atoms. The number of hydrogen-bond acceptors (Lipinski definition) is 3. The molecule has 2 N–H and O–H groups in total. The molecule has 0 saturated carbocycles. The molecule has 1 aromatic rings. The van der Waals surface area contributed by atoms with E-state index in [1.54, 1.807) is 6.07 Å². The van der Waals surface area contributed by atoms with Gasteiger partial charge in [-0.1, -0.05) is 11.6 Å². The maximum absolute atomic E-state index is 12.1. The topological polar surface area (TPSA) is 58.2 Å². The Hall–Kier alpha value is -0.140. The van der Waals surface area contributed by atoms with Crippen LogP contribution >= 0.6 is 27.5 Å². The van der Waals surface area contributed by atoms with Crippen molar-refractivity contribution in [3.8, 4) is 0 Å². The number of rotatable bonds is 4. The largest absolute Gasteiger partial charge is 0.317 e. The third kappa shape index (κ3) is 4.16. The van der Waals surface area contributed by atoms with Crippen molar-refractivity contribution in [1.29, 1.82) is 0 Å². The van der Waals surface area contributed by atoms with Crippen LogP contribution in [0.2, 0.25) is 5.02 Å². The third-order valence-corrected chi connectivity index (χ3v) is 5.86. The Morgan fingerprint density at radius 2 is 2.05 bits per heavy atom. The highest BCUT2D eigenvalue weighted by Crippen LogP contribution is 2.25. The van der Waals surface area contributed by atoms with Crippen LogP contribution in [-0.4, -0.2) is 28.1 Å². The summed E-state index contributed by atoms with van der Waals surface area (Å²) in [5, 5.41) is 3.76. The molecule has 1 aromatic carbocycles. The molecule has 106 valence electrons. The highest BCUT2D eigenvalue weighted by Gasteiger charge is 2.19. The molecular weight excluding hydrogens is 352 g/mol. The zero-order valence-electron chi connectivity index (χ0n) is 10.3. The molecular formula is C12H16BrClN2O2S. The zero-order valence-corrected chi connectivity index (χ0v) is 13.5. The molecule has 4 nitrogen and oxygen atoms in total. The van der Waals surface area contributed by atoms with Gasteiger partial charge in [0.25, 0.3) is 0 Å². The molecule has 1 aliphatic heterocycles. The quantitative estimate of drug-likeness (QED) is 0.859. The number of halogens is 2. The van der Waals surface area contributed by atoms with Gasteiger partial charge in [-0.15, -0.1) is 0 Å². The molecule has 7 heteroatoms. The first-order chi connectivity index (χ1) is 8.99. The highest BCUT2D eigenvalue weighted by atomic mass is 79.9. The lowest BCUT2D eigenvalue weighted by Gasteiger charge is -2.22. The summed E-state index contributed by atoms with van der Waals surface area (Å²) < 4.78 is 27.5. The Morgan fingerprint density at radius 1 is 1.37 bits per heavy atom. The minimum atomic E-state index is -3.46. The zero-order chi connectivity index (χ0) is 13.9. The van der Waals surface area contributed by atoms with E-state index in [0.717, 1.165) is 25.9 Å². The van der Waals surface area contributed by atoms with E-state index in [2.05, 4.69) is 26.0 Å². The van der Waals surface area contributed by atoms with Gasteiger partial charge in [0.05, 0.1) is 9.92 Å². The Balaban J connectivity index is 2.02. The maximum Gasteiger partial charge on any atom is 0.240 e. The van der Waals surface area contributed by atoms with Crippen LogP contribution < -0.4 is 10.0 Å². The SMILES string of the molecule is O=S(=O)(NCC1CCNCC1)c1ccc(Cl)c(Br)c1. The van der Waals surface area contributed by atoms with Crippen molar-refractivity contribution in [3.63, 3.8) is 0 Å². The number of hydrogen-bond donors (Lipinski definition) is 2. The predicted octanol–water partition coefficient (Wildman–Crippen LogP) is 2.38. The van der Waals surface area contributed by atoms with E-state index in [0.29, 0.717) is 22.0 Å². The summed E-state index contributed by atoms with van der Waals surface area (Å²) in [6, 6.07) is 4.61. The van der Waals surface area contributed by atoms with Crippen LogP contribution in [0.25, 0.3) is 0 Å². The van der Waals surface area contributed by atoms with Crippen molar-refractivity contribution in [2.45, 2.75) is 17.7 Å². The van der Waals surface area contributed by atoms with E-state index in [9.17, 15) is 8.42 Å². The molecule has 19 heavy (non-hydrogen) atoms. The Morgan fingerprint density at radius 3 is 2.68 bits per heavy atom. The second kappa shape index (κ2) is 6.54. The Kier molecular flexibility index (Phi) is 5.25. The van der Waals surface area contributed by atoms with Crippen LogP contribution in [-0.2, 0) is 10.0 Å². The predicted molar refractivity (Wildman–Crippen MR) is 79.9 cm³/mol. The highest BCUT2D eigenvalue weighted by molar-refractivity contribution is 9.10. The van der Waals surface area contributed by atoms with Crippen LogP contribution in [0, 0.1) is 5.92 Å². The minimum absolute atomic E-state index is 0.234. The maximum atomic E-state index is 12.1. The van der Waals surface area contributed by atoms with Crippen LogP contribution in [0.5, 0.6) is 0 Å². The molecule has 0 atom stereocenters. The molecule has 0 radical (unpaired) electrons. The first-order valence-electron chi connectivity index (χ1n) is 6.14. The fourth-order valence-electron chi connectivity index (χ4n) is 2.04. The molecule has 1 aliphatic rings. The van der Waals surface area contributed by atoms with Crippen molar-refractivity contribution >= 4 is 37.6 Å².